The quantitative estimate of drug-likeness (QED) is 0.515. The number of carbonyl (C=O) groups is 1. The number of benzene rings is 1. The number of alkyl halides is 3. The molecule has 0 unspecified atom stereocenters. The summed E-state index contributed by atoms with van der Waals surface area (Å²) in [7, 11) is 1.64. The normalized spacial score (nSPS) is 18.3. The predicted molar refractivity (Wildman–Crippen MR) is 117 cm³/mol. The number of aromatic nitrogens is 4. The number of aryl methyl sites for hydroxylation is 1. The van der Waals surface area contributed by atoms with Crippen LogP contribution in [0.4, 0.5) is 13.2 Å². The first-order valence-corrected chi connectivity index (χ1v) is 10.4. The molecule has 1 aliphatic rings. The lowest BCUT2D eigenvalue weighted by molar-refractivity contribution is -0.137. The summed E-state index contributed by atoms with van der Waals surface area (Å²) in [6.07, 6.45) is -0.303. The number of hydrogen-bond acceptors (Lipinski definition) is 5. The average Bonchev–Trinajstić information content (AvgIpc) is 3.46. The molecule has 3 heterocycles. The monoisotopic (exact) mass is 473 g/mol. The Bertz CT molecular complexity index is 1250. The van der Waals surface area contributed by atoms with Crippen LogP contribution in [0.1, 0.15) is 17.2 Å². The standard InChI is InChI=1S/C23H22F3N5O3/c1-3-21(32)30-12-19(31-11-18(27-28-31)16-6-9-22(33)29(2)10-16)20(13-30)34-14-15-4-7-17(8-5-15)23(24,25)26/h3-11,19-20H,1,12-14H2,2H3/t19-,20-/m1/s1. The minimum Gasteiger partial charge on any atom is -0.369 e. The van der Waals surface area contributed by atoms with E-state index in [2.05, 4.69) is 16.9 Å². The highest BCUT2D eigenvalue weighted by molar-refractivity contribution is 5.87. The molecule has 1 aliphatic heterocycles. The molecule has 1 saturated heterocycles. The molecule has 11 heteroatoms. The molecule has 1 aromatic carbocycles. The number of nitrogens with zero attached hydrogens (tertiary/aromatic N) is 5. The van der Waals surface area contributed by atoms with E-state index in [-0.39, 0.29) is 30.7 Å². The van der Waals surface area contributed by atoms with Crippen molar-refractivity contribution in [3.63, 3.8) is 0 Å². The molecule has 34 heavy (non-hydrogen) atoms. The fourth-order valence-corrected chi connectivity index (χ4v) is 3.79. The molecular formula is C23H22F3N5O3. The van der Waals surface area contributed by atoms with Gasteiger partial charge in [-0.3, -0.25) is 9.59 Å². The molecule has 0 spiro atoms. The lowest BCUT2D eigenvalue weighted by Crippen LogP contribution is -2.28. The Morgan fingerprint density at radius 1 is 1.18 bits per heavy atom. The second-order valence-corrected chi connectivity index (χ2v) is 8.01. The van der Waals surface area contributed by atoms with Crippen molar-refractivity contribution in [3.8, 4) is 11.3 Å². The fourth-order valence-electron chi connectivity index (χ4n) is 3.79. The number of likely N-dealkylation sites (tertiary alicyclic amines) is 1. The highest BCUT2D eigenvalue weighted by Gasteiger charge is 2.37. The van der Waals surface area contributed by atoms with Gasteiger partial charge in [-0.1, -0.05) is 23.9 Å². The smallest absolute Gasteiger partial charge is 0.369 e. The van der Waals surface area contributed by atoms with Gasteiger partial charge in [0.05, 0.1) is 30.5 Å². The van der Waals surface area contributed by atoms with Gasteiger partial charge in [-0.25, -0.2) is 4.68 Å². The van der Waals surface area contributed by atoms with Gasteiger partial charge in [0.1, 0.15) is 5.69 Å². The molecule has 2 aromatic heterocycles. The summed E-state index contributed by atoms with van der Waals surface area (Å²) in [5, 5.41) is 8.39. The molecular weight excluding hydrogens is 451 g/mol. The van der Waals surface area contributed by atoms with Crippen LogP contribution < -0.4 is 5.56 Å². The highest BCUT2D eigenvalue weighted by atomic mass is 19.4. The van der Waals surface area contributed by atoms with Gasteiger partial charge in [-0.05, 0) is 29.8 Å². The Morgan fingerprint density at radius 3 is 2.56 bits per heavy atom. The van der Waals surface area contributed by atoms with Crippen molar-refractivity contribution in [3.05, 3.63) is 82.9 Å². The Hall–Kier alpha value is -3.73. The number of pyridine rings is 1. The first-order valence-electron chi connectivity index (χ1n) is 10.4. The summed E-state index contributed by atoms with van der Waals surface area (Å²) >= 11 is 0. The van der Waals surface area contributed by atoms with Gasteiger partial charge >= 0.3 is 6.18 Å². The summed E-state index contributed by atoms with van der Waals surface area (Å²) in [4.78, 5) is 25.4. The van der Waals surface area contributed by atoms with Gasteiger partial charge in [0, 0.05) is 38.0 Å². The Labute approximate surface area is 192 Å². The van der Waals surface area contributed by atoms with E-state index >= 15 is 0 Å². The topological polar surface area (TPSA) is 82.3 Å². The van der Waals surface area contributed by atoms with Gasteiger partial charge in [-0.2, -0.15) is 13.2 Å². The lowest BCUT2D eigenvalue weighted by Gasteiger charge is -2.19. The second-order valence-electron chi connectivity index (χ2n) is 8.01. The summed E-state index contributed by atoms with van der Waals surface area (Å²) < 4.78 is 47.5. The number of halogens is 3. The van der Waals surface area contributed by atoms with Crippen LogP contribution in [-0.2, 0) is 29.4 Å². The third-order valence-corrected chi connectivity index (χ3v) is 5.70. The van der Waals surface area contributed by atoms with E-state index in [9.17, 15) is 22.8 Å². The maximum Gasteiger partial charge on any atom is 0.416 e. The summed E-state index contributed by atoms with van der Waals surface area (Å²) in [5.41, 5.74) is 0.941. The molecule has 0 saturated carbocycles. The summed E-state index contributed by atoms with van der Waals surface area (Å²) in [6.45, 7) is 4.16. The zero-order valence-corrected chi connectivity index (χ0v) is 18.3. The number of rotatable bonds is 6. The third-order valence-electron chi connectivity index (χ3n) is 5.70. The zero-order chi connectivity index (χ0) is 24.5. The van der Waals surface area contributed by atoms with Crippen molar-refractivity contribution in [2.75, 3.05) is 13.1 Å². The number of amides is 1. The first-order chi connectivity index (χ1) is 16.2. The van der Waals surface area contributed by atoms with E-state index in [1.807, 2.05) is 0 Å². The van der Waals surface area contributed by atoms with Crippen molar-refractivity contribution in [1.29, 1.82) is 0 Å². The van der Waals surface area contributed by atoms with Crippen molar-refractivity contribution in [2.24, 2.45) is 7.05 Å². The number of ether oxygens (including phenoxy) is 1. The van der Waals surface area contributed by atoms with Gasteiger partial charge in [-0.15, -0.1) is 5.10 Å². The van der Waals surface area contributed by atoms with Crippen LogP contribution in [0.2, 0.25) is 0 Å². The Morgan fingerprint density at radius 2 is 1.91 bits per heavy atom. The van der Waals surface area contributed by atoms with Crippen LogP contribution in [-0.4, -0.2) is 49.6 Å². The van der Waals surface area contributed by atoms with Gasteiger partial charge in [0.25, 0.3) is 0 Å². The van der Waals surface area contributed by atoms with Crippen molar-refractivity contribution in [2.45, 2.75) is 24.9 Å². The van der Waals surface area contributed by atoms with Crippen LogP contribution in [0.3, 0.4) is 0 Å². The molecule has 0 radical (unpaired) electrons. The molecule has 1 amide bonds. The van der Waals surface area contributed by atoms with Gasteiger partial charge in [0.15, 0.2) is 0 Å². The Kier molecular flexibility index (Phi) is 6.38. The molecule has 1 fully saturated rings. The van der Waals surface area contributed by atoms with Crippen LogP contribution in [0.15, 0.2) is 66.2 Å². The third kappa shape index (κ3) is 4.93. The molecule has 178 valence electrons. The molecule has 3 aromatic rings. The lowest BCUT2D eigenvalue weighted by atomic mass is 10.1. The Balaban J connectivity index is 1.53. The molecule has 2 atom stereocenters. The van der Waals surface area contributed by atoms with Crippen LogP contribution >= 0.6 is 0 Å². The second kappa shape index (κ2) is 9.26. The van der Waals surface area contributed by atoms with E-state index in [1.165, 1.54) is 28.8 Å². The van der Waals surface area contributed by atoms with Crippen molar-refractivity contribution in [1.82, 2.24) is 24.5 Å². The molecule has 8 nitrogen and oxygen atoms in total. The summed E-state index contributed by atoms with van der Waals surface area (Å²) in [6, 6.07) is 7.47. The minimum absolute atomic E-state index is 0.0672. The molecule has 4 rings (SSSR count). The molecule has 0 aliphatic carbocycles. The first kappa shape index (κ1) is 23.4. The molecule has 0 bridgehead atoms. The zero-order valence-electron chi connectivity index (χ0n) is 18.3. The predicted octanol–water partition coefficient (Wildman–Crippen LogP) is 2.82. The maximum atomic E-state index is 12.8. The number of hydrogen-bond donors (Lipinski definition) is 0. The SMILES string of the molecule is C=CC(=O)N1C[C@@H](n2cc(-c3ccc(=O)n(C)c3)nn2)[C@H](OCc2ccc(C(F)(F)F)cc2)C1. The highest BCUT2D eigenvalue weighted by Crippen LogP contribution is 2.30. The van der Waals surface area contributed by atoms with Crippen LogP contribution in [0.5, 0.6) is 0 Å². The number of carbonyl (C=O) groups excluding carboxylic acids is 1. The maximum absolute atomic E-state index is 12.8. The fraction of sp³-hybridized carbons (Fsp3) is 0.304. The van der Waals surface area contributed by atoms with Gasteiger partial charge < -0.3 is 14.2 Å². The van der Waals surface area contributed by atoms with Crippen LogP contribution in [0.25, 0.3) is 11.3 Å². The molecule has 0 N–H and O–H groups in total. The van der Waals surface area contributed by atoms with Gasteiger partial charge in [0.2, 0.25) is 11.5 Å². The van der Waals surface area contributed by atoms with E-state index in [4.69, 9.17) is 4.74 Å². The average molecular weight is 473 g/mol. The van der Waals surface area contributed by atoms with Crippen molar-refractivity contribution >= 4 is 5.91 Å². The minimum atomic E-state index is -4.41. The van der Waals surface area contributed by atoms with Crippen LogP contribution in [0, 0.1) is 0 Å². The van der Waals surface area contributed by atoms with E-state index in [0.717, 1.165) is 12.1 Å². The van der Waals surface area contributed by atoms with E-state index in [0.29, 0.717) is 23.4 Å². The summed E-state index contributed by atoms with van der Waals surface area (Å²) in [5.74, 6) is -0.260. The van der Waals surface area contributed by atoms with E-state index < -0.39 is 17.8 Å². The van der Waals surface area contributed by atoms with Crippen molar-refractivity contribution < 1.29 is 22.7 Å². The largest absolute Gasteiger partial charge is 0.416 e. The van der Waals surface area contributed by atoms with E-state index in [1.54, 1.807) is 35.1 Å².